The molecular weight excluding hydrogens is 288 g/mol. The van der Waals surface area contributed by atoms with Crippen molar-refractivity contribution in [3.8, 4) is 0 Å². The van der Waals surface area contributed by atoms with E-state index in [1.807, 2.05) is 45.9 Å². The average Bonchev–Trinajstić information content (AvgIpc) is 2.88. The molecule has 1 unspecified atom stereocenters. The molecule has 2 N–H and O–H groups in total. The van der Waals surface area contributed by atoms with Crippen LogP contribution in [0.3, 0.4) is 0 Å². The molecule has 0 saturated heterocycles. The predicted octanol–water partition coefficient (Wildman–Crippen LogP) is 3.25. The minimum absolute atomic E-state index is 0.138. The van der Waals surface area contributed by atoms with E-state index in [-0.39, 0.29) is 23.2 Å². The summed E-state index contributed by atoms with van der Waals surface area (Å²) in [4.78, 5) is 16.4. The van der Waals surface area contributed by atoms with Gasteiger partial charge in [-0.3, -0.25) is 9.89 Å². The summed E-state index contributed by atoms with van der Waals surface area (Å²) in [5.74, 6) is 0.492. The van der Waals surface area contributed by atoms with Gasteiger partial charge in [-0.25, -0.2) is 4.98 Å². The Kier molecular flexibility index (Phi) is 4.32. The van der Waals surface area contributed by atoms with Gasteiger partial charge in [-0.2, -0.15) is 0 Å². The first kappa shape index (κ1) is 15.5. The Morgan fingerprint density at radius 3 is 2.57 bits per heavy atom. The number of hydrogen-bond donors (Lipinski definition) is 2. The normalized spacial score (nSPS) is 13.0. The van der Waals surface area contributed by atoms with Gasteiger partial charge in [0.1, 0.15) is 5.82 Å². The van der Waals surface area contributed by atoms with E-state index in [1.165, 1.54) is 0 Å². The van der Waals surface area contributed by atoms with Crippen LogP contribution in [-0.2, 0) is 5.41 Å². The Hall–Kier alpha value is -1.88. The summed E-state index contributed by atoms with van der Waals surface area (Å²) in [5.41, 5.74) is 0.680. The molecule has 0 aliphatic carbocycles. The molecule has 6 heteroatoms. The third kappa shape index (κ3) is 3.61. The molecule has 0 radical (unpaired) electrons. The van der Waals surface area contributed by atoms with Crippen LogP contribution in [0.25, 0.3) is 0 Å². The predicted molar refractivity (Wildman–Crippen MR) is 82.4 cm³/mol. The van der Waals surface area contributed by atoms with Crippen LogP contribution in [-0.4, -0.2) is 21.1 Å². The molecule has 112 valence electrons. The van der Waals surface area contributed by atoms with E-state index >= 15 is 0 Å². The van der Waals surface area contributed by atoms with Gasteiger partial charge in [-0.05, 0) is 18.6 Å². The van der Waals surface area contributed by atoms with Gasteiger partial charge in [-0.15, -0.1) is 5.10 Å². The summed E-state index contributed by atoms with van der Waals surface area (Å²) in [7, 11) is 0. The zero-order valence-electron chi connectivity index (χ0n) is 12.6. The number of nitrogens with one attached hydrogen (secondary N) is 2. The number of carbonyl (C=O) groups excluding carboxylic acids is 1. The van der Waals surface area contributed by atoms with Crippen molar-refractivity contribution in [3.05, 3.63) is 46.5 Å². The molecule has 1 atom stereocenters. The van der Waals surface area contributed by atoms with Crippen LogP contribution in [0, 0.1) is 0 Å². The molecule has 5 nitrogen and oxygen atoms in total. The summed E-state index contributed by atoms with van der Waals surface area (Å²) < 4.78 is 0. The smallest absolute Gasteiger partial charge is 0.291 e. The molecule has 0 saturated carbocycles. The van der Waals surface area contributed by atoms with Gasteiger partial charge in [0.2, 0.25) is 5.82 Å². The van der Waals surface area contributed by atoms with Gasteiger partial charge in [-0.1, -0.05) is 50.6 Å². The number of aromatic amines is 1. The van der Waals surface area contributed by atoms with Gasteiger partial charge < -0.3 is 5.32 Å². The van der Waals surface area contributed by atoms with Gasteiger partial charge in [0, 0.05) is 10.4 Å². The van der Waals surface area contributed by atoms with E-state index in [0.717, 1.165) is 5.56 Å². The fourth-order valence-electron chi connectivity index (χ4n) is 1.86. The van der Waals surface area contributed by atoms with Crippen LogP contribution >= 0.6 is 11.6 Å². The Labute approximate surface area is 129 Å². The molecule has 1 amide bonds. The average molecular weight is 307 g/mol. The van der Waals surface area contributed by atoms with Crippen LogP contribution in [0.1, 0.15) is 55.7 Å². The lowest BCUT2D eigenvalue weighted by atomic mass is 9.96. The standard InChI is InChI=1S/C15H19ClN4O/c1-9(10-7-5-6-8-11(10)16)17-13(21)12-18-14(20-19-12)15(2,3)4/h5-9H,1-4H3,(H,17,21)(H,18,19,20). The van der Waals surface area contributed by atoms with Gasteiger partial charge >= 0.3 is 0 Å². The monoisotopic (exact) mass is 306 g/mol. The van der Waals surface area contributed by atoms with E-state index in [9.17, 15) is 4.79 Å². The zero-order chi connectivity index (χ0) is 15.6. The molecule has 0 spiro atoms. The first-order valence-electron chi connectivity index (χ1n) is 6.77. The number of halogens is 1. The highest BCUT2D eigenvalue weighted by atomic mass is 35.5. The SMILES string of the molecule is CC(NC(=O)c1n[nH]c(C(C)(C)C)n1)c1ccccc1Cl. The Balaban J connectivity index is 2.11. The highest BCUT2D eigenvalue weighted by molar-refractivity contribution is 6.31. The van der Waals surface area contributed by atoms with Crippen molar-refractivity contribution in [3.63, 3.8) is 0 Å². The van der Waals surface area contributed by atoms with Crippen molar-refractivity contribution >= 4 is 17.5 Å². The van der Waals surface area contributed by atoms with Crippen LogP contribution in [0.15, 0.2) is 24.3 Å². The molecule has 21 heavy (non-hydrogen) atoms. The third-order valence-corrected chi connectivity index (χ3v) is 3.46. The fourth-order valence-corrected chi connectivity index (χ4v) is 2.16. The number of carbonyl (C=O) groups is 1. The van der Waals surface area contributed by atoms with Crippen LogP contribution in [0.5, 0.6) is 0 Å². The summed E-state index contributed by atoms with van der Waals surface area (Å²) in [5, 5.41) is 10.2. The van der Waals surface area contributed by atoms with Crippen LogP contribution in [0.4, 0.5) is 0 Å². The highest BCUT2D eigenvalue weighted by Crippen LogP contribution is 2.22. The Morgan fingerprint density at radius 2 is 2.00 bits per heavy atom. The molecular formula is C15H19ClN4O. The number of benzene rings is 1. The van der Waals surface area contributed by atoms with E-state index < -0.39 is 0 Å². The minimum Gasteiger partial charge on any atom is -0.343 e. The van der Waals surface area contributed by atoms with E-state index in [1.54, 1.807) is 6.07 Å². The number of amides is 1. The van der Waals surface area contributed by atoms with Crippen molar-refractivity contribution in [2.75, 3.05) is 0 Å². The summed E-state index contributed by atoms with van der Waals surface area (Å²) in [6.45, 7) is 7.88. The minimum atomic E-state index is -0.325. The van der Waals surface area contributed by atoms with E-state index in [0.29, 0.717) is 10.8 Å². The van der Waals surface area contributed by atoms with Crippen LogP contribution < -0.4 is 5.32 Å². The van der Waals surface area contributed by atoms with Crippen molar-refractivity contribution in [2.24, 2.45) is 0 Å². The second-order valence-corrected chi connectivity index (χ2v) is 6.38. The molecule has 2 aromatic rings. The highest BCUT2D eigenvalue weighted by Gasteiger charge is 2.22. The lowest BCUT2D eigenvalue weighted by molar-refractivity contribution is 0.0929. The lowest BCUT2D eigenvalue weighted by Gasteiger charge is -2.14. The number of aromatic nitrogens is 3. The van der Waals surface area contributed by atoms with Crippen molar-refractivity contribution in [2.45, 2.75) is 39.2 Å². The molecule has 0 aliphatic rings. The van der Waals surface area contributed by atoms with E-state index in [4.69, 9.17) is 11.6 Å². The lowest BCUT2D eigenvalue weighted by Crippen LogP contribution is -2.28. The topological polar surface area (TPSA) is 70.7 Å². The first-order valence-corrected chi connectivity index (χ1v) is 7.15. The third-order valence-electron chi connectivity index (χ3n) is 3.12. The molecule has 2 rings (SSSR count). The second kappa shape index (κ2) is 5.85. The van der Waals surface area contributed by atoms with Crippen molar-refractivity contribution in [1.29, 1.82) is 0 Å². The maximum absolute atomic E-state index is 12.2. The molecule has 1 heterocycles. The number of nitrogens with zero attached hydrogens (tertiary/aromatic N) is 2. The van der Waals surface area contributed by atoms with Crippen molar-refractivity contribution < 1.29 is 4.79 Å². The maximum Gasteiger partial charge on any atom is 0.291 e. The van der Waals surface area contributed by atoms with Gasteiger partial charge in [0.15, 0.2) is 0 Å². The summed E-state index contributed by atoms with van der Waals surface area (Å²) >= 11 is 6.12. The Bertz CT molecular complexity index is 645. The summed E-state index contributed by atoms with van der Waals surface area (Å²) in [6.07, 6.45) is 0. The Morgan fingerprint density at radius 1 is 1.33 bits per heavy atom. The molecule has 0 aliphatic heterocycles. The second-order valence-electron chi connectivity index (χ2n) is 5.97. The number of hydrogen-bond acceptors (Lipinski definition) is 3. The number of H-pyrrole nitrogens is 1. The molecule has 0 fully saturated rings. The largest absolute Gasteiger partial charge is 0.343 e. The fraction of sp³-hybridized carbons (Fsp3) is 0.400. The molecule has 1 aromatic carbocycles. The molecule has 0 bridgehead atoms. The van der Waals surface area contributed by atoms with Crippen LogP contribution in [0.2, 0.25) is 5.02 Å². The quantitative estimate of drug-likeness (QED) is 0.914. The zero-order valence-corrected chi connectivity index (χ0v) is 13.3. The number of rotatable bonds is 3. The van der Waals surface area contributed by atoms with Gasteiger partial charge in [0.05, 0.1) is 6.04 Å². The first-order chi connectivity index (χ1) is 9.79. The van der Waals surface area contributed by atoms with Crippen molar-refractivity contribution in [1.82, 2.24) is 20.5 Å². The van der Waals surface area contributed by atoms with Gasteiger partial charge in [0.25, 0.3) is 5.91 Å². The molecule has 1 aromatic heterocycles. The van der Waals surface area contributed by atoms with E-state index in [2.05, 4.69) is 20.5 Å². The summed E-state index contributed by atoms with van der Waals surface area (Å²) in [6, 6.07) is 7.19. The maximum atomic E-state index is 12.2.